The quantitative estimate of drug-likeness (QED) is 0.709. The van der Waals surface area contributed by atoms with E-state index in [1.165, 1.54) is 0 Å². The molecular formula is C23H31N3O4S. The predicted octanol–water partition coefficient (Wildman–Crippen LogP) is 2.83. The number of amides is 2. The normalized spacial score (nSPS) is 18.2. The van der Waals surface area contributed by atoms with Gasteiger partial charge in [0, 0.05) is 43.3 Å². The van der Waals surface area contributed by atoms with E-state index in [-0.39, 0.29) is 23.3 Å². The van der Waals surface area contributed by atoms with Gasteiger partial charge in [-0.2, -0.15) is 0 Å². The molecule has 0 aliphatic carbocycles. The molecule has 31 heavy (non-hydrogen) atoms. The van der Waals surface area contributed by atoms with Crippen molar-refractivity contribution in [1.29, 1.82) is 0 Å². The molecule has 168 valence electrons. The summed E-state index contributed by atoms with van der Waals surface area (Å²) < 4.78 is 28.1. The van der Waals surface area contributed by atoms with E-state index in [9.17, 15) is 18.0 Å². The third kappa shape index (κ3) is 4.95. The van der Waals surface area contributed by atoms with Crippen molar-refractivity contribution >= 4 is 32.6 Å². The highest BCUT2D eigenvalue weighted by atomic mass is 32.2. The van der Waals surface area contributed by atoms with Crippen molar-refractivity contribution in [2.75, 3.05) is 31.9 Å². The monoisotopic (exact) mass is 445 g/mol. The fourth-order valence-corrected chi connectivity index (χ4v) is 6.09. The van der Waals surface area contributed by atoms with Crippen LogP contribution >= 0.6 is 0 Å². The molecule has 2 fully saturated rings. The Bertz CT molecular complexity index is 1050. The number of aromatic nitrogens is 1. The molecule has 0 N–H and O–H groups in total. The van der Waals surface area contributed by atoms with Crippen LogP contribution in [0.3, 0.4) is 0 Å². The van der Waals surface area contributed by atoms with Crippen LogP contribution in [0.15, 0.2) is 35.4 Å². The van der Waals surface area contributed by atoms with Crippen molar-refractivity contribution in [3.63, 3.8) is 0 Å². The number of sulfone groups is 1. The van der Waals surface area contributed by atoms with Gasteiger partial charge in [-0.3, -0.25) is 9.59 Å². The standard InChI is InChI=1S/C23H31N3O4S/c27-22(24-12-6-1-2-7-13-24)17-26-16-21(19-10-4-5-11-20(19)26)31(29,30)18-23(28)25-14-8-3-9-15-25/h4-5,10-11,16H,1-3,6-9,12-15,17-18H2. The van der Waals surface area contributed by atoms with Crippen LogP contribution in [-0.2, 0) is 26.0 Å². The molecule has 1 aromatic heterocycles. The van der Waals surface area contributed by atoms with Gasteiger partial charge in [-0.15, -0.1) is 0 Å². The van der Waals surface area contributed by atoms with E-state index in [2.05, 4.69) is 0 Å². The Morgan fingerprint density at radius 2 is 1.32 bits per heavy atom. The molecule has 0 unspecified atom stereocenters. The van der Waals surface area contributed by atoms with Crippen LogP contribution in [0.1, 0.15) is 44.9 Å². The molecule has 2 aliphatic rings. The van der Waals surface area contributed by atoms with Gasteiger partial charge >= 0.3 is 0 Å². The average molecular weight is 446 g/mol. The highest BCUT2D eigenvalue weighted by Crippen LogP contribution is 2.27. The summed E-state index contributed by atoms with van der Waals surface area (Å²) in [4.78, 5) is 29.2. The Morgan fingerprint density at radius 1 is 0.774 bits per heavy atom. The molecule has 1 aromatic carbocycles. The maximum absolute atomic E-state index is 13.2. The summed E-state index contributed by atoms with van der Waals surface area (Å²) in [5.41, 5.74) is 0.703. The predicted molar refractivity (Wildman–Crippen MR) is 119 cm³/mol. The van der Waals surface area contributed by atoms with E-state index in [1.54, 1.807) is 27.8 Å². The van der Waals surface area contributed by atoms with Crippen molar-refractivity contribution in [1.82, 2.24) is 14.4 Å². The van der Waals surface area contributed by atoms with Crippen molar-refractivity contribution in [3.05, 3.63) is 30.5 Å². The van der Waals surface area contributed by atoms with E-state index < -0.39 is 15.6 Å². The summed E-state index contributed by atoms with van der Waals surface area (Å²) in [5, 5.41) is 0.567. The van der Waals surface area contributed by atoms with E-state index >= 15 is 0 Å². The van der Waals surface area contributed by atoms with E-state index in [0.717, 1.165) is 58.0 Å². The second-order valence-electron chi connectivity index (χ2n) is 8.63. The number of carbonyl (C=O) groups is 2. The molecule has 0 bridgehead atoms. The number of para-hydroxylation sites is 1. The lowest BCUT2D eigenvalue weighted by molar-refractivity contribution is -0.132. The Kier molecular flexibility index (Phi) is 6.65. The first-order valence-corrected chi connectivity index (χ1v) is 13.0. The first-order chi connectivity index (χ1) is 15.0. The first-order valence-electron chi connectivity index (χ1n) is 11.3. The van der Waals surface area contributed by atoms with E-state index in [1.807, 2.05) is 17.0 Å². The summed E-state index contributed by atoms with van der Waals surface area (Å²) in [6.07, 6.45) is 8.77. The second-order valence-corrected chi connectivity index (χ2v) is 10.6. The van der Waals surface area contributed by atoms with E-state index in [4.69, 9.17) is 0 Å². The lowest BCUT2D eigenvalue weighted by atomic mass is 10.1. The van der Waals surface area contributed by atoms with Gasteiger partial charge in [0.25, 0.3) is 0 Å². The van der Waals surface area contributed by atoms with Gasteiger partial charge in [-0.05, 0) is 38.2 Å². The Labute approximate surface area is 183 Å². The van der Waals surface area contributed by atoms with Crippen LogP contribution < -0.4 is 0 Å². The van der Waals surface area contributed by atoms with Gasteiger partial charge in [0.15, 0.2) is 9.84 Å². The van der Waals surface area contributed by atoms with Crippen LogP contribution in [0, 0.1) is 0 Å². The summed E-state index contributed by atoms with van der Waals surface area (Å²) in [6, 6.07) is 7.20. The molecule has 8 heteroatoms. The van der Waals surface area contributed by atoms with Crippen LogP contribution in [0.4, 0.5) is 0 Å². The van der Waals surface area contributed by atoms with Gasteiger partial charge < -0.3 is 14.4 Å². The fourth-order valence-electron chi connectivity index (χ4n) is 4.63. The average Bonchev–Trinajstić information content (AvgIpc) is 2.95. The topological polar surface area (TPSA) is 79.7 Å². The van der Waals surface area contributed by atoms with Crippen LogP contribution in [0.2, 0.25) is 0 Å². The van der Waals surface area contributed by atoms with Gasteiger partial charge in [0.05, 0.1) is 4.90 Å². The largest absolute Gasteiger partial charge is 0.342 e. The molecule has 2 saturated heterocycles. The molecular weight excluding hydrogens is 414 g/mol. The summed E-state index contributed by atoms with van der Waals surface area (Å²) >= 11 is 0. The number of nitrogens with zero attached hydrogens (tertiary/aromatic N) is 3. The molecule has 7 nitrogen and oxygen atoms in total. The molecule has 0 atom stereocenters. The number of fused-ring (bicyclic) bond motifs is 1. The third-order valence-corrected chi connectivity index (χ3v) is 8.00. The minimum atomic E-state index is -3.82. The zero-order valence-corrected chi connectivity index (χ0v) is 18.8. The number of rotatable bonds is 5. The van der Waals surface area contributed by atoms with Crippen molar-refractivity contribution in [3.8, 4) is 0 Å². The van der Waals surface area contributed by atoms with E-state index in [0.29, 0.717) is 24.0 Å². The van der Waals surface area contributed by atoms with Crippen LogP contribution in [0.25, 0.3) is 10.9 Å². The number of likely N-dealkylation sites (tertiary alicyclic amines) is 2. The van der Waals surface area contributed by atoms with Crippen LogP contribution in [0.5, 0.6) is 0 Å². The summed E-state index contributed by atoms with van der Waals surface area (Å²) in [5.74, 6) is -0.852. The maximum atomic E-state index is 13.2. The zero-order chi connectivity index (χ0) is 21.8. The lowest BCUT2D eigenvalue weighted by Crippen LogP contribution is -2.39. The van der Waals surface area contributed by atoms with Crippen molar-refractivity contribution in [2.24, 2.45) is 0 Å². The van der Waals surface area contributed by atoms with Gasteiger partial charge in [0.1, 0.15) is 12.3 Å². The van der Waals surface area contributed by atoms with Gasteiger partial charge in [0.2, 0.25) is 11.8 Å². The number of benzene rings is 1. The second kappa shape index (κ2) is 9.42. The Hall–Kier alpha value is -2.35. The fraction of sp³-hybridized carbons (Fsp3) is 0.565. The molecule has 0 saturated carbocycles. The third-order valence-electron chi connectivity index (χ3n) is 6.37. The molecule has 0 radical (unpaired) electrons. The first kappa shape index (κ1) is 21.9. The number of hydrogen-bond acceptors (Lipinski definition) is 4. The molecule has 3 heterocycles. The van der Waals surface area contributed by atoms with Gasteiger partial charge in [-0.1, -0.05) is 31.0 Å². The Balaban J connectivity index is 1.58. The molecule has 2 aliphatic heterocycles. The number of piperidine rings is 1. The smallest absolute Gasteiger partial charge is 0.242 e. The Morgan fingerprint density at radius 3 is 1.97 bits per heavy atom. The number of hydrogen-bond donors (Lipinski definition) is 0. The molecule has 2 aromatic rings. The number of carbonyl (C=O) groups excluding carboxylic acids is 2. The SMILES string of the molecule is O=C(Cn1cc(S(=O)(=O)CC(=O)N2CCCCC2)c2ccccc21)N1CCCCCC1. The highest BCUT2D eigenvalue weighted by molar-refractivity contribution is 7.92. The van der Waals surface area contributed by atoms with Crippen molar-refractivity contribution < 1.29 is 18.0 Å². The molecule has 0 spiro atoms. The van der Waals surface area contributed by atoms with Crippen LogP contribution in [-0.4, -0.2) is 66.5 Å². The minimum Gasteiger partial charge on any atom is -0.342 e. The lowest BCUT2D eigenvalue weighted by Gasteiger charge is -2.26. The highest BCUT2D eigenvalue weighted by Gasteiger charge is 2.28. The summed E-state index contributed by atoms with van der Waals surface area (Å²) in [7, 11) is -3.82. The van der Waals surface area contributed by atoms with Crippen molar-refractivity contribution in [2.45, 2.75) is 56.4 Å². The zero-order valence-electron chi connectivity index (χ0n) is 18.0. The maximum Gasteiger partial charge on any atom is 0.242 e. The summed E-state index contributed by atoms with van der Waals surface area (Å²) in [6.45, 7) is 2.87. The molecule has 2 amide bonds. The minimum absolute atomic E-state index is 0.0102. The molecule has 4 rings (SSSR count). The van der Waals surface area contributed by atoms with Gasteiger partial charge in [-0.25, -0.2) is 8.42 Å².